The molecule has 0 atom stereocenters. The van der Waals surface area contributed by atoms with Crippen LogP contribution in [0.1, 0.15) is 26.7 Å². The van der Waals surface area contributed by atoms with Gasteiger partial charge in [0.25, 0.3) is 11.4 Å². The van der Waals surface area contributed by atoms with E-state index in [9.17, 15) is 20.2 Å². The van der Waals surface area contributed by atoms with Gasteiger partial charge in [-0.1, -0.05) is 13.8 Å². The van der Waals surface area contributed by atoms with E-state index in [0.717, 1.165) is 37.3 Å². The lowest BCUT2D eigenvalue weighted by atomic mass is 10.3. The smallest absolute Gasteiger partial charge is 0.269 e. The molecule has 140 valence electrons. The molecule has 8 nitrogen and oxygen atoms in total. The van der Waals surface area contributed by atoms with Crippen LogP contribution in [0.15, 0.2) is 48.5 Å². The molecule has 0 saturated heterocycles. The molecule has 2 aromatic rings. The number of nitrogens with one attached hydrogen (secondary N) is 2. The fraction of sp³-hybridized carbons (Fsp3) is 0.333. The van der Waals surface area contributed by atoms with E-state index in [1.54, 1.807) is 24.3 Å². The van der Waals surface area contributed by atoms with Crippen LogP contribution in [0, 0.1) is 20.2 Å². The van der Waals surface area contributed by atoms with Crippen molar-refractivity contribution in [1.29, 1.82) is 0 Å². The highest BCUT2D eigenvalue weighted by Gasteiger charge is 2.03. The van der Waals surface area contributed by atoms with Gasteiger partial charge in [-0.05, 0) is 37.1 Å². The largest absolute Gasteiger partial charge is 0.385 e. The number of benzene rings is 2. The van der Waals surface area contributed by atoms with Crippen molar-refractivity contribution in [2.75, 3.05) is 23.7 Å². The van der Waals surface area contributed by atoms with Gasteiger partial charge in [0.15, 0.2) is 0 Å². The molecule has 2 aromatic carbocycles. The Labute approximate surface area is 152 Å². The van der Waals surface area contributed by atoms with E-state index >= 15 is 0 Å². The van der Waals surface area contributed by atoms with E-state index in [1.165, 1.54) is 24.3 Å². The molecule has 0 aliphatic carbocycles. The molecule has 0 saturated carbocycles. The second-order valence-electron chi connectivity index (χ2n) is 5.46. The van der Waals surface area contributed by atoms with Gasteiger partial charge in [-0.15, -0.1) is 0 Å². The summed E-state index contributed by atoms with van der Waals surface area (Å²) in [4.78, 5) is 19.8. The Morgan fingerprint density at radius 2 is 1.00 bits per heavy atom. The summed E-state index contributed by atoms with van der Waals surface area (Å²) in [6, 6.07) is 12.9. The second-order valence-corrected chi connectivity index (χ2v) is 5.46. The highest BCUT2D eigenvalue weighted by Crippen LogP contribution is 2.15. The summed E-state index contributed by atoms with van der Waals surface area (Å²) in [7, 11) is 0. The van der Waals surface area contributed by atoms with Gasteiger partial charge in [-0.3, -0.25) is 20.2 Å². The molecule has 2 rings (SSSR count). The summed E-state index contributed by atoms with van der Waals surface area (Å²) in [5.74, 6) is 0. The summed E-state index contributed by atoms with van der Waals surface area (Å²) >= 11 is 0. The van der Waals surface area contributed by atoms with Crippen molar-refractivity contribution in [3.63, 3.8) is 0 Å². The van der Waals surface area contributed by atoms with Crippen LogP contribution in [-0.2, 0) is 0 Å². The van der Waals surface area contributed by atoms with Crippen molar-refractivity contribution in [3.8, 4) is 0 Å². The summed E-state index contributed by atoms with van der Waals surface area (Å²) < 4.78 is 0. The molecular weight excluding hydrogens is 336 g/mol. The van der Waals surface area contributed by atoms with Crippen LogP contribution in [0.25, 0.3) is 0 Å². The molecule has 0 spiro atoms. The van der Waals surface area contributed by atoms with E-state index in [-0.39, 0.29) is 11.4 Å². The number of rotatable bonds is 8. The predicted octanol–water partition coefficient (Wildman–Crippen LogP) is 4.83. The van der Waals surface area contributed by atoms with Gasteiger partial charge >= 0.3 is 0 Å². The maximum absolute atomic E-state index is 10.3. The molecule has 26 heavy (non-hydrogen) atoms. The molecule has 0 bridgehead atoms. The fourth-order valence-electron chi connectivity index (χ4n) is 1.94. The van der Waals surface area contributed by atoms with Gasteiger partial charge in [0.1, 0.15) is 0 Å². The highest BCUT2D eigenvalue weighted by atomic mass is 16.6. The molecule has 0 aliphatic heterocycles. The molecule has 8 heteroatoms. The van der Waals surface area contributed by atoms with Gasteiger partial charge in [0.2, 0.25) is 0 Å². The molecule has 0 fully saturated rings. The zero-order valence-electron chi connectivity index (χ0n) is 15.0. The molecule has 0 unspecified atom stereocenters. The number of hydrogen-bond acceptors (Lipinski definition) is 6. The van der Waals surface area contributed by atoms with E-state index in [4.69, 9.17) is 0 Å². The molecule has 0 heterocycles. The predicted molar refractivity (Wildman–Crippen MR) is 104 cm³/mol. The number of nitro groups is 2. The number of nitro benzene ring substituents is 2. The number of non-ortho nitro benzene ring substituents is 2. The first kappa shape index (κ1) is 20.9. The van der Waals surface area contributed by atoms with Crippen molar-refractivity contribution < 1.29 is 9.85 Å². The van der Waals surface area contributed by atoms with Crippen molar-refractivity contribution in [2.45, 2.75) is 26.7 Å². The number of nitrogens with zero attached hydrogens (tertiary/aromatic N) is 2. The van der Waals surface area contributed by atoms with Crippen LogP contribution in [-0.4, -0.2) is 22.9 Å². The fourth-order valence-corrected chi connectivity index (χ4v) is 1.94. The average molecular weight is 360 g/mol. The zero-order chi connectivity index (χ0) is 19.4. The van der Waals surface area contributed by atoms with E-state index in [1.807, 2.05) is 0 Å². The zero-order valence-corrected chi connectivity index (χ0v) is 15.0. The second kappa shape index (κ2) is 11.4. The highest BCUT2D eigenvalue weighted by molar-refractivity contribution is 5.49. The van der Waals surface area contributed by atoms with Gasteiger partial charge in [0, 0.05) is 48.7 Å². The van der Waals surface area contributed by atoms with Gasteiger partial charge in [0.05, 0.1) is 9.85 Å². The summed E-state index contributed by atoms with van der Waals surface area (Å²) in [5.41, 5.74) is 2.10. The third kappa shape index (κ3) is 7.61. The lowest BCUT2D eigenvalue weighted by Gasteiger charge is -2.02. The van der Waals surface area contributed by atoms with Gasteiger partial charge in [-0.2, -0.15) is 0 Å². The van der Waals surface area contributed by atoms with Crippen molar-refractivity contribution >= 4 is 22.7 Å². The van der Waals surface area contributed by atoms with Crippen LogP contribution in [0.4, 0.5) is 22.7 Å². The van der Waals surface area contributed by atoms with E-state index in [0.29, 0.717) is 0 Å². The number of hydrogen-bond donors (Lipinski definition) is 2. The third-order valence-electron chi connectivity index (χ3n) is 3.31. The van der Waals surface area contributed by atoms with Gasteiger partial charge < -0.3 is 10.6 Å². The standard InChI is InChI=1S/2C9H12N2O2/c2*1-2-7-10-8-3-5-9(6-4-8)11(12)13/h2*3-6,10H,2,7H2,1H3. The summed E-state index contributed by atoms with van der Waals surface area (Å²) in [5, 5.41) is 26.9. The van der Waals surface area contributed by atoms with Crippen LogP contribution in [0.3, 0.4) is 0 Å². The Bertz CT molecular complexity index is 626. The summed E-state index contributed by atoms with van der Waals surface area (Å²) in [6.07, 6.45) is 2.08. The maximum atomic E-state index is 10.3. The van der Waals surface area contributed by atoms with Crippen molar-refractivity contribution in [2.24, 2.45) is 0 Å². The average Bonchev–Trinajstić information content (AvgIpc) is 2.66. The lowest BCUT2D eigenvalue weighted by molar-refractivity contribution is -0.385. The molecule has 0 aromatic heterocycles. The topological polar surface area (TPSA) is 110 Å². The molecular formula is C18H24N4O4. The normalized spacial score (nSPS) is 9.62. The first-order valence-corrected chi connectivity index (χ1v) is 8.44. The molecule has 2 N–H and O–H groups in total. The van der Waals surface area contributed by atoms with Crippen LogP contribution in [0.5, 0.6) is 0 Å². The monoisotopic (exact) mass is 360 g/mol. The third-order valence-corrected chi connectivity index (χ3v) is 3.31. The first-order valence-electron chi connectivity index (χ1n) is 8.44. The molecule has 0 radical (unpaired) electrons. The Hall–Kier alpha value is -3.16. The van der Waals surface area contributed by atoms with Gasteiger partial charge in [-0.25, -0.2) is 0 Å². The Kier molecular flexibility index (Phi) is 9.16. The minimum Gasteiger partial charge on any atom is -0.385 e. The Morgan fingerprint density at radius 3 is 1.23 bits per heavy atom. The molecule has 0 aliphatic rings. The minimum atomic E-state index is -0.399. The quantitative estimate of drug-likeness (QED) is 0.515. The Balaban J connectivity index is 0.000000260. The SMILES string of the molecule is CCCNc1ccc([N+](=O)[O-])cc1.CCCNc1ccc([N+](=O)[O-])cc1. The van der Waals surface area contributed by atoms with Crippen molar-refractivity contribution in [3.05, 3.63) is 68.8 Å². The first-order chi connectivity index (χ1) is 12.5. The van der Waals surface area contributed by atoms with E-state index in [2.05, 4.69) is 24.5 Å². The maximum Gasteiger partial charge on any atom is 0.269 e. The van der Waals surface area contributed by atoms with Crippen molar-refractivity contribution in [1.82, 2.24) is 0 Å². The van der Waals surface area contributed by atoms with Crippen LogP contribution >= 0.6 is 0 Å². The molecule has 0 amide bonds. The van der Waals surface area contributed by atoms with Crippen LogP contribution < -0.4 is 10.6 Å². The lowest BCUT2D eigenvalue weighted by Crippen LogP contribution is -1.99. The number of anilines is 2. The van der Waals surface area contributed by atoms with Crippen LogP contribution in [0.2, 0.25) is 0 Å². The van der Waals surface area contributed by atoms with E-state index < -0.39 is 9.85 Å². The minimum absolute atomic E-state index is 0.127. The summed E-state index contributed by atoms with van der Waals surface area (Å²) in [6.45, 7) is 5.91. The Morgan fingerprint density at radius 1 is 0.692 bits per heavy atom.